The quantitative estimate of drug-likeness (QED) is 0.645. The van der Waals surface area contributed by atoms with Gasteiger partial charge in [-0.3, -0.25) is 14.6 Å². The minimum atomic E-state index is 0.190. The molecule has 3 aromatic rings. The lowest BCUT2D eigenvalue weighted by atomic mass is 10.1. The third-order valence-electron chi connectivity index (χ3n) is 4.84. The van der Waals surface area contributed by atoms with Gasteiger partial charge in [-0.05, 0) is 23.8 Å². The van der Waals surface area contributed by atoms with Gasteiger partial charge >= 0.3 is 0 Å². The van der Waals surface area contributed by atoms with Crippen LogP contribution in [0.25, 0.3) is 0 Å². The zero-order chi connectivity index (χ0) is 18.5. The van der Waals surface area contributed by atoms with E-state index >= 15 is 0 Å². The average Bonchev–Trinajstić information content (AvgIpc) is 3.18. The summed E-state index contributed by atoms with van der Waals surface area (Å²) in [6.45, 7) is 3.78. The summed E-state index contributed by atoms with van der Waals surface area (Å²) in [6, 6.07) is 14.4. The smallest absolute Gasteiger partial charge is 0.123 e. The molecule has 6 nitrogen and oxygen atoms in total. The van der Waals surface area contributed by atoms with Crippen molar-refractivity contribution >= 4 is 0 Å². The molecule has 2 aromatic heterocycles. The second kappa shape index (κ2) is 8.33. The predicted octanol–water partition coefficient (Wildman–Crippen LogP) is 3.06. The van der Waals surface area contributed by atoms with Gasteiger partial charge in [-0.15, -0.1) is 0 Å². The van der Waals surface area contributed by atoms with Gasteiger partial charge in [0.1, 0.15) is 5.75 Å². The van der Waals surface area contributed by atoms with E-state index in [0.29, 0.717) is 13.2 Å². The van der Waals surface area contributed by atoms with E-state index in [-0.39, 0.29) is 6.04 Å². The number of methoxy groups -OCH3 is 1. The fourth-order valence-electron chi connectivity index (χ4n) is 3.58. The van der Waals surface area contributed by atoms with Crippen LogP contribution in [-0.4, -0.2) is 39.9 Å². The third kappa shape index (κ3) is 4.18. The Morgan fingerprint density at radius 2 is 2.04 bits per heavy atom. The molecule has 140 valence electrons. The van der Waals surface area contributed by atoms with E-state index in [9.17, 15) is 0 Å². The van der Waals surface area contributed by atoms with E-state index in [1.807, 2.05) is 36.7 Å². The Labute approximate surface area is 159 Å². The number of benzene rings is 1. The Kier molecular flexibility index (Phi) is 5.46. The van der Waals surface area contributed by atoms with Crippen LogP contribution in [0.4, 0.5) is 0 Å². The zero-order valence-corrected chi connectivity index (χ0v) is 15.5. The van der Waals surface area contributed by atoms with Crippen molar-refractivity contribution in [3.8, 4) is 5.75 Å². The lowest BCUT2D eigenvalue weighted by molar-refractivity contribution is 0.0530. The molecule has 0 radical (unpaired) electrons. The largest absolute Gasteiger partial charge is 0.496 e. The maximum Gasteiger partial charge on any atom is 0.123 e. The van der Waals surface area contributed by atoms with Crippen molar-refractivity contribution in [3.05, 3.63) is 77.9 Å². The monoisotopic (exact) mass is 364 g/mol. The van der Waals surface area contributed by atoms with Gasteiger partial charge in [0.05, 0.1) is 32.1 Å². The Bertz CT molecular complexity index is 865. The molecule has 27 heavy (non-hydrogen) atoms. The van der Waals surface area contributed by atoms with E-state index in [1.54, 1.807) is 13.3 Å². The summed E-state index contributed by atoms with van der Waals surface area (Å²) >= 11 is 0. The molecule has 6 heteroatoms. The molecule has 1 atom stereocenters. The second-order valence-electron chi connectivity index (χ2n) is 6.78. The summed E-state index contributed by atoms with van der Waals surface area (Å²) in [5, 5.41) is 4.51. The van der Waals surface area contributed by atoms with Gasteiger partial charge in [0.25, 0.3) is 0 Å². The van der Waals surface area contributed by atoms with E-state index < -0.39 is 0 Å². The first-order valence-electron chi connectivity index (χ1n) is 9.17. The predicted molar refractivity (Wildman–Crippen MR) is 102 cm³/mol. The van der Waals surface area contributed by atoms with Crippen LogP contribution >= 0.6 is 0 Å². The summed E-state index contributed by atoms with van der Waals surface area (Å²) in [7, 11) is 1.72. The van der Waals surface area contributed by atoms with Gasteiger partial charge in [-0.25, -0.2) is 0 Å². The SMILES string of the molecule is COc1ccccc1CN1Cc2ccnn2[C@H](COCc2cccnc2)C1. The molecule has 1 aliphatic heterocycles. The molecule has 0 amide bonds. The third-order valence-corrected chi connectivity index (χ3v) is 4.84. The van der Waals surface area contributed by atoms with Crippen LogP contribution in [-0.2, 0) is 24.4 Å². The van der Waals surface area contributed by atoms with E-state index in [0.717, 1.165) is 30.9 Å². The molecule has 0 unspecified atom stereocenters. The van der Waals surface area contributed by atoms with Gasteiger partial charge in [0.2, 0.25) is 0 Å². The number of hydrogen-bond donors (Lipinski definition) is 0. The van der Waals surface area contributed by atoms with E-state index in [4.69, 9.17) is 9.47 Å². The summed E-state index contributed by atoms with van der Waals surface area (Å²) in [6.07, 6.45) is 5.49. The van der Waals surface area contributed by atoms with Crippen LogP contribution < -0.4 is 4.74 Å². The van der Waals surface area contributed by atoms with Gasteiger partial charge in [-0.2, -0.15) is 5.10 Å². The van der Waals surface area contributed by atoms with Crippen LogP contribution in [0.15, 0.2) is 61.1 Å². The van der Waals surface area contributed by atoms with Crippen molar-refractivity contribution in [2.45, 2.75) is 25.7 Å². The molecular weight excluding hydrogens is 340 g/mol. The summed E-state index contributed by atoms with van der Waals surface area (Å²) in [4.78, 5) is 6.56. The number of fused-ring (bicyclic) bond motifs is 1. The number of para-hydroxylation sites is 1. The van der Waals surface area contributed by atoms with Crippen LogP contribution in [0.5, 0.6) is 5.75 Å². The zero-order valence-electron chi connectivity index (χ0n) is 15.5. The molecule has 0 saturated carbocycles. The van der Waals surface area contributed by atoms with Crippen molar-refractivity contribution in [1.29, 1.82) is 0 Å². The molecule has 3 heterocycles. The lowest BCUT2D eigenvalue weighted by Crippen LogP contribution is -2.39. The summed E-state index contributed by atoms with van der Waals surface area (Å²) < 4.78 is 13.6. The number of nitrogens with zero attached hydrogens (tertiary/aromatic N) is 4. The number of hydrogen-bond acceptors (Lipinski definition) is 5. The molecule has 1 aromatic carbocycles. The highest BCUT2D eigenvalue weighted by Gasteiger charge is 2.26. The molecule has 0 saturated heterocycles. The fourth-order valence-corrected chi connectivity index (χ4v) is 3.58. The molecule has 1 aliphatic rings. The minimum Gasteiger partial charge on any atom is -0.496 e. The molecule has 0 spiro atoms. The highest BCUT2D eigenvalue weighted by molar-refractivity contribution is 5.33. The molecule has 0 aliphatic carbocycles. The first-order valence-corrected chi connectivity index (χ1v) is 9.17. The molecule has 0 fully saturated rings. The van der Waals surface area contributed by atoms with Crippen molar-refractivity contribution in [2.24, 2.45) is 0 Å². The van der Waals surface area contributed by atoms with Crippen molar-refractivity contribution in [2.75, 3.05) is 20.3 Å². The highest BCUT2D eigenvalue weighted by Crippen LogP contribution is 2.25. The molecular formula is C21H24N4O2. The Morgan fingerprint density at radius 3 is 2.89 bits per heavy atom. The van der Waals surface area contributed by atoms with E-state index in [2.05, 4.69) is 37.9 Å². The average molecular weight is 364 g/mol. The van der Waals surface area contributed by atoms with Crippen LogP contribution in [0, 0.1) is 0 Å². The lowest BCUT2D eigenvalue weighted by Gasteiger charge is -2.34. The molecule has 0 bridgehead atoms. The molecule has 0 N–H and O–H groups in total. The maximum atomic E-state index is 5.98. The van der Waals surface area contributed by atoms with Crippen LogP contribution in [0.2, 0.25) is 0 Å². The fraction of sp³-hybridized carbons (Fsp3) is 0.333. The van der Waals surface area contributed by atoms with Gasteiger partial charge in [0, 0.05) is 43.8 Å². The normalized spacial score (nSPS) is 16.9. The molecule has 4 rings (SSSR count). The maximum absolute atomic E-state index is 5.98. The summed E-state index contributed by atoms with van der Waals surface area (Å²) in [5.74, 6) is 0.931. The second-order valence-corrected chi connectivity index (χ2v) is 6.78. The Hall–Kier alpha value is -2.70. The van der Waals surface area contributed by atoms with Crippen LogP contribution in [0.3, 0.4) is 0 Å². The van der Waals surface area contributed by atoms with Crippen molar-refractivity contribution in [3.63, 3.8) is 0 Å². The van der Waals surface area contributed by atoms with Crippen LogP contribution in [0.1, 0.15) is 22.9 Å². The van der Waals surface area contributed by atoms with Gasteiger partial charge in [-0.1, -0.05) is 24.3 Å². The van der Waals surface area contributed by atoms with Gasteiger partial charge < -0.3 is 9.47 Å². The van der Waals surface area contributed by atoms with E-state index in [1.165, 1.54) is 11.3 Å². The van der Waals surface area contributed by atoms with Crippen molar-refractivity contribution in [1.82, 2.24) is 19.7 Å². The highest BCUT2D eigenvalue weighted by atomic mass is 16.5. The number of aromatic nitrogens is 3. The van der Waals surface area contributed by atoms with Gasteiger partial charge in [0.15, 0.2) is 0 Å². The standard InChI is InChI=1S/C21H24N4O2/c1-26-21-7-3-2-6-18(21)12-24-13-19-8-10-23-25(19)20(14-24)16-27-15-17-5-4-9-22-11-17/h2-11,20H,12-16H2,1H3/t20-/m0/s1. The first-order chi connectivity index (χ1) is 13.3. The number of rotatable bonds is 7. The summed E-state index contributed by atoms with van der Waals surface area (Å²) in [5.41, 5.74) is 3.49. The Morgan fingerprint density at radius 1 is 1.11 bits per heavy atom. The minimum absolute atomic E-state index is 0.190. The Balaban J connectivity index is 1.43. The first kappa shape index (κ1) is 17.7. The topological polar surface area (TPSA) is 52.4 Å². The number of pyridine rings is 1. The van der Waals surface area contributed by atoms with Crippen molar-refractivity contribution < 1.29 is 9.47 Å². The number of ether oxygens (including phenoxy) is 2.